The summed E-state index contributed by atoms with van der Waals surface area (Å²) in [6.07, 6.45) is 2.46. The van der Waals surface area contributed by atoms with Gasteiger partial charge in [0, 0.05) is 23.8 Å². The molecule has 1 unspecified atom stereocenters. The number of nitrogens with one attached hydrogen (secondary N) is 2. The molecule has 30 heavy (non-hydrogen) atoms. The van der Waals surface area contributed by atoms with Gasteiger partial charge in [-0.25, -0.2) is 0 Å². The van der Waals surface area contributed by atoms with Crippen molar-refractivity contribution < 1.29 is 14.3 Å². The van der Waals surface area contributed by atoms with Crippen LogP contribution in [0.5, 0.6) is 5.75 Å². The van der Waals surface area contributed by atoms with Crippen molar-refractivity contribution in [3.05, 3.63) is 84.2 Å². The molecule has 0 aliphatic carbocycles. The summed E-state index contributed by atoms with van der Waals surface area (Å²) in [6, 6.07) is 18.0. The van der Waals surface area contributed by atoms with Crippen LogP contribution in [0.15, 0.2) is 73.1 Å². The number of pyridine rings is 1. The number of anilines is 2. The van der Waals surface area contributed by atoms with Crippen LogP contribution in [-0.2, 0) is 4.79 Å². The Morgan fingerprint density at radius 1 is 0.867 bits per heavy atom. The number of ether oxygens (including phenoxy) is 1. The lowest BCUT2D eigenvalue weighted by molar-refractivity contribution is -0.122. The maximum Gasteiger partial charge on any atom is 0.265 e. The van der Waals surface area contributed by atoms with Crippen molar-refractivity contribution in [1.82, 2.24) is 4.98 Å². The lowest BCUT2D eigenvalue weighted by Gasteiger charge is -2.18. The molecule has 0 aliphatic rings. The Labute approximate surface area is 176 Å². The first-order valence-electron chi connectivity index (χ1n) is 9.82. The Bertz CT molecular complexity index is 1000. The van der Waals surface area contributed by atoms with E-state index in [1.165, 1.54) is 6.20 Å². The molecule has 1 atom stereocenters. The smallest absolute Gasteiger partial charge is 0.265 e. The highest BCUT2D eigenvalue weighted by Gasteiger charge is 2.17. The van der Waals surface area contributed by atoms with Gasteiger partial charge >= 0.3 is 0 Å². The number of para-hydroxylation sites is 1. The molecule has 2 amide bonds. The largest absolute Gasteiger partial charge is 0.481 e. The minimum atomic E-state index is -0.658. The van der Waals surface area contributed by atoms with Crippen LogP contribution in [0.1, 0.15) is 42.6 Å². The fourth-order valence-corrected chi connectivity index (χ4v) is 2.89. The third kappa shape index (κ3) is 5.44. The monoisotopic (exact) mass is 403 g/mol. The molecule has 0 saturated carbocycles. The van der Waals surface area contributed by atoms with Crippen LogP contribution < -0.4 is 15.4 Å². The maximum atomic E-state index is 12.5. The molecule has 0 bridgehead atoms. The Balaban J connectivity index is 1.58. The van der Waals surface area contributed by atoms with Crippen LogP contribution >= 0.6 is 0 Å². The Kier molecular flexibility index (Phi) is 6.80. The molecule has 6 heteroatoms. The quantitative estimate of drug-likeness (QED) is 0.590. The number of hydrogen-bond donors (Lipinski definition) is 2. The third-order valence-corrected chi connectivity index (χ3v) is 4.55. The summed E-state index contributed by atoms with van der Waals surface area (Å²) < 4.78 is 5.89. The molecule has 1 aromatic heterocycles. The number of carbonyl (C=O) groups excluding carboxylic acids is 2. The molecule has 0 fully saturated rings. The zero-order valence-corrected chi connectivity index (χ0v) is 17.3. The van der Waals surface area contributed by atoms with Gasteiger partial charge in [0.1, 0.15) is 5.75 Å². The van der Waals surface area contributed by atoms with Crippen molar-refractivity contribution in [3.8, 4) is 5.75 Å². The lowest BCUT2D eigenvalue weighted by Crippen LogP contribution is -2.30. The van der Waals surface area contributed by atoms with E-state index < -0.39 is 6.10 Å². The molecule has 3 rings (SSSR count). The molecule has 154 valence electrons. The third-order valence-electron chi connectivity index (χ3n) is 4.55. The van der Waals surface area contributed by atoms with E-state index >= 15 is 0 Å². The standard InChI is InChI=1S/C24H25N3O3/c1-16(2)21-8-4-5-9-22(21)30-17(3)23(28)26-19-10-12-20(13-11-19)27-24(29)18-7-6-14-25-15-18/h4-17H,1-3H3,(H,26,28)(H,27,29). The summed E-state index contributed by atoms with van der Waals surface area (Å²) >= 11 is 0. The summed E-state index contributed by atoms with van der Waals surface area (Å²) in [7, 11) is 0. The molecular weight excluding hydrogens is 378 g/mol. The van der Waals surface area contributed by atoms with E-state index in [9.17, 15) is 9.59 Å². The lowest BCUT2D eigenvalue weighted by atomic mass is 10.0. The number of hydrogen-bond acceptors (Lipinski definition) is 4. The molecule has 0 aliphatic heterocycles. The molecular formula is C24H25N3O3. The van der Waals surface area contributed by atoms with Gasteiger partial charge in [0.05, 0.1) is 5.56 Å². The van der Waals surface area contributed by atoms with Crippen LogP contribution in [0.4, 0.5) is 11.4 Å². The Hall–Kier alpha value is -3.67. The second-order valence-electron chi connectivity index (χ2n) is 7.22. The van der Waals surface area contributed by atoms with Gasteiger partial charge in [-0.15, -0.1) is 0 Å². The van der Waals surface area contributed by atoms with Crippen molar-refractivity contribution in [3.63, 3.8) is 0 Å². The predicted molar refractivity (Wildman–Crippen MR) is 118 cm³/mol. The normalized spacial score (nSPS) is 11.6. The van der Waals surface area contributed by atoms with Gasteiger partial charge in [-0.2, -0.15) is 0 Å². The van der Waals surface area contributed by atoms with Crippen molar-refractivity contribution in [2.24, 2.45) is 0 Å². The average Bonchev–Trinajstić information content (AvgIpc) is 2.76. The van der Waals surface area contributed by atoms with Gasteiger partial charge in [0.15, 0.2) is 6.10 Å². The highest BCUT2D eigenvalue weighted by atomic mass is 16.5. The zero-order valence-electron chi connectivity index (χ0n) is 17.3. The van der Waals surface area contributed by atoms with E-state index in [4.69, 9.17) is 4.74 Å². The van der Waals surface area contributed by atoms with E-state index in [0.29, 0.717) is 28.6 Å². The van der Waals surface area contributed by atoms with Crippen LogP contribution in [0.25, 0.3) is 0 Å². The minimum Gasteiger partial charge on any atom is -0.481 e. The summed E-state index contributed by atoms with van der Waals surface area (Å²) in [4.78, 5) is 28.6. The minimum absolute atomic E-state index is 0.245. The first kappa shape index (κ1) is 21.0. The molecule has 0 spiro atoms. The highest BCUT2D eigenvalue weighted by Crippen LogP contribution is 2.27. The van der Waals surface area contributed by atoms with Crippen LogP contribution in [0, 0.1) is 0 Å². The van der Waals surface area contributed by atoms with Crippen LogP contribution in [0.3, 0.4) is 0 Å². The Morgan fingerprint density at radius 2 is 1.53 bits per heavy atom. The van der Waals surface area contributed by atoms with Crippen molar-refractivity contribution in [2.45, 2.75) is 32.8 Å². The first-order valence-corrected chi connectivity index (χ1v) is 9.82. The first-order chi connectivity index (χ1) is 14.4. The Morgan fingerprint density at radius 3 is 2.17 bits per heavy atom. The van der Waals surface area contributed by atoms with E-state index in [1.807, 2.05) is 24.3 Å². The van der Waals surface area contributed by atoms with Gasteiger partial charge < -0.3 is 15.4 Å². The maximum absolute atomic E-state index is 12.5. The van der Waals surface area contributed by atoms with Gasteiger partial charge in [-0.05, 0) is 60.9 Å². The number of aromatic nitrogens is 1. The summed E-state index contributed by atoms with van der Waals surface area (Å²) in [5, 5.41) is 5.63. The fourth-order valence-electron chi connectivity index (χ4n) is 2.89. The van der Waals surface area contributed by atoms with Gasteiger partial charge in [0.2, 0.25) is 0 Å². The molecule has 2 aromatic carbocycles. The van der Waals surface area contributed by atoms with E-state index in [0.717, 1.165) is 5.56 Å². The van der Waals surface area contributed by atoms with E-state index in [-0.39, 0.29) is 11.8 Å². The van der Waals surface area contributed by atoms with Crippen molar-refractivity contribution >= 4 is 23.2 Å². The zero-order chi connectivity index (χ0) is 21.5. The van der Waals surface area contributed by atoms with Crippen molar-refractivity contribution in [2.75, 3.05) is 10.6 Å². The number of nitrogens with zero attached hydrogens (tertiary/aromatic N) is 1. The molecule has 2 N–H and O–H groups in total. The molecule has 6 nitrogen and oxygen atoms in total. The second kappa shape index (κ2) is 9.69. The van der Waals surface area contributed by atoms with Gasteiger partial charge in [0.25, 0.3) is 11.8 Å². The van der Waals surface area contributed by atoms with Crippen molar-refractivity contribution in [1.29, 1.82) is 0 Å². The summed E-state index contributed by atoms with van der Waals surface area (Å²) in [5.41, 5.74) is 2.78. The highest BCUT2D eigenvalue weighted by molar-refractivity contribution is 6.04. The number of rotatable bonds is 7. The van der Waals surface area contributed by atoms with E-state index in [1.54, 1.807) is 49.5 Å². The van der Waals surface area contributed by atoms with Gasteiger partial charge in [-0.1, -0.05) is 32.0 Å². The van der Waals surface area contributed by atoms with Gasteiger partial charge in [-0.3, -0.25) is 14.6 Å². The molecule has 0 saturated heterocycles. The van der Waals surface area contributed by atoms with Crippen LogP contribution in [0.2, 0.25) is 0 Å². The molecule has 1 heterocycles. The second-order valence-corrected chi connectivity index (χ2v) is 7.22. The van der Waals surface area contributed by atoms with E-state index in [2.05, 4.69) is 29.5 Å². The number of benzene rings is 2. The average molecular weight is 403 g/mol. The fraction of sp³-hybridized carbons (Fsp3) is 0.208. The summed E-state index contributed by atoms with van der Waals surface area (Å²) in [5.74, 6) is 0.515. The molecule has 0 radical (unpaired) electrons. The predicted octanol–water partition coefficient (Wildman–Crippen LogP) is 4.86. The number of amides is 2. The summed E-state index contributed by atoms with van der Waals surface area (Å²) in [6.45, 7) is 5.89. The number of carbonyl (C=O) groups is 2. The topological polar surface area (TPSA) is 80.3 Å². The molecule has 3 aromatic rings. The SMILES string of the molecule is CC(Oc1ccccc1C(C)C)C(=O)Nc1ccc(NC(=O)c2cccnc2)cc1. The van der Waals surface area contributed by atoms with Crippen LogP contribution in [-0.4, -0.2) is 22.9 Å².